The molecule has 4 nitrogen and oxygen atoms in total. The van der Waals surface area contributed by atoms with Crippen LogP contribution in [0.3, 0.4) is 0 Å². The third kappa shape index (κ3) is 17.9. The van der Waals surface area contributed by atoms with Gasteiger partial charge in [0.1, 0.15) is 0 Å². The first kappa shape index (κ1) is 11.9. The SMILES string of the molecule is CC.NCCS(N)(O)O. The van der Waals surface area contributed by atoms with Gasteiger partial charge in [0, 0.05) is 6.54 Å². The Morgan fingerprint density at radius 2 is 1.67 bits per heavy atom. The summed E-state index contributed by atoms with van der Waals surface area (Å²) in [6, 6.07) is 0. The molecule has 0 rings (SSSR count). The second-order valence-electron chi connectivity index (χ2n) is 1.21. The van der Waals surface area contributed by atoms with Gasteiger partial charge in [-0.2, -0.15) is 0 Å². The van der Waals surface area contributed by atoms with E-state index in [0.29, 0.717) is 0 Å². The van der Waals surface area contributed by atoms with Crippen LogP contribution in [0, 0.1) is 0 Å². The van der Waals surface area contributed by atoms with Gasteiger partial charge in [0.25, 0.3) is 0 Å². The molecule has 0 radical (unpaired) electrons. The fraction of sp³-hybridized carbons (Fsp3) is 1.00. The summed E-state index contributed by atoms with van der Waals surface area (Å²) in [7, 11) is -2.80. The average molecular weight is 156 g/mol. The minimum absolute atomic E-state index is 0.0903. The van der Waals surface area contributed by atoms with Crippen molar-refractivity contribution in [3.05, 3.63) is 0 Å². The van der Waals surface area contributed by atoms with Crippen molar-refractivity contribution in [3.8, 4) is 0 Å². The highest BCUT2D eigenvalue weighted by molar-refractivity contribution is 8.22. The molecule has 5 heteroatoms. The summed E-state index contributed by atoms with van der Waals surface area (Å²) in [4.78, 5) is 0. The minimum Gasteiger partial charge on any atom is -0.329 e. The van der Waals surface area contributed by atoms with Crippen molar-refractivity contribution in [2.24, 2.45) is 10.9 Å². The third-order valence-electron chi connectivity index (χ3n) is 0.418. The predicted molar refractivity (Wildman–Crippen MR) is 42.3 cm³/mol. The first-order chi connectivity index (χ1) is 4.06. The average Bonchev–Trinajstić information content (AvgIpc) is 1.69. The van der Waals surface area contributed by atoms with E-state index in [1.165, 1.54) is 0 Å². The summed E-state index contributed by atoms with van der Waals surface area (Å²) >= 11 is 0. The molecule has 0 unspecified atom stereocenters. The van der Waals surface area contributed by atoms with Crippen LogP contribution in [0.15, 0.2) is 0 Å². The van der Waals surface area contributed by atoms with Gasteiger partial charge in [-0.3, -0.25) is 9.11 Å². The molecule has 0 aromatic rings. The standard InChI is InChI=1S/C2H10N2O2S.C2H6/c3-1-2-7(4,5)6;1-2/h5-6H,1-4H2;1-2H3. The van der Waals surface area contributed by atoms with Gasteiger partial charge in [-0.1, -0.05) is 13.8 Å². The van der Waals surface area contributed by atoms with Crippen molar-refractivity contribution in [1.82, 2.24) is 0 Å². The van der Waals surface area contributed by atoms with Crippen LogP contribution in [0.5, 0.6) is 0 Å². The topological polar surface area (TPSA) is 92.5 Å². The van der Waals surface area contributed by atoms with Gasteiger partial charge in [-0.05, 0) is 0 Å². The molecule has 0 heterocycles. The number of hydrogen-bond acceptors (Lipinski definition) is 4. The molecule has 0 spiro atoms. The Bertz CT molecular complexity index is 55.0. The van der Waals surface area contributed by atoms with E-state index in [-0.39, 0.29) is 12.3 Å². The van der Waals surface area contributed by atoms with Crippen LogP contribution in [0.25, 0.3) is 0 Å². The minimum atomic E-state index is -2.80. The van der Waals surface area contributed by atoms with Crippen molar-refractivity contribution in [1.29, 1.82) is 0 Å². The lowest BCUT2D eigenvalue weighted by Gasteiger charge is -2.24. The Morgan fingerprint density at radius 1 is 1.33 bits per heavy atom. The maximum atomic E-state index is 8.35. The smallest absolute Gasteiger partial charge is 0.0648 e. The Balaban J connectivity index is 0. The van der Waals surface area contributed by atoms with Crippen molar-refractivity contribution in [2.45, 2.75) is 13.8 Å². The quantitative estimate of drug-likeness (QED) is 0.471. The zero-order chi connectivity index (χ0) is 7.91. The summed E-state index contributed by atoms with van der Waals surface area (Å²) < 4.78 is 16.7. The lowest BCUT2D eigenvalue weighted by molar-refractivity contribution is 0.489. The molecule has 0 saturated heterocycles. The normalized spacial score (nSPS) is 11.8. The van der Waals surface area contributed by atoms with Crippen LogP contribution in [0.4, 0.5) is 0 Å². The van der Waals surface area contributed by atoms with E-state index < -0.39 is 10.8 Å². The predicted octanol–water partition coefficient (Wildman–Crippen LogP) is 0.596. The Kier molecular flexibility index (Phi) is 8.36. The molecule has 0 aliphatic carbocycles. The van der Waals surface area contributed by atoms with Gasteiger partial charge in [-0.25, -0.2) is 5.14 Å². The van der Waals surface area contributed by atoms with E-state index in [9.17, 15) is 0 Å². The van der Waals surface area contributed by atoms with Gasteiger partial charge in [0.2, 0.25) is 0 Å². The van der Waals surface area contributed by atoms with E-state index in [2.05, 4.69) is 0 Å². The Labute approximate surface area is 57.7 Å². The zero-order valence-corrected chi connectivity index (χ0v) is 6.69. The second kappa shape index (κ2) is 6.31. The zero-order valence-electron chi connectivity index (χ0n) is 5.87. The van der Waals surface area contributed by atoms with Crippen LogP contribution in [0.1, 0.15) is 13.8 Å². The summed E-state index contributed by atoms with van der Waals surface area (Å²) in [5.74, 6) is 0.0903. The van der Waals surface area contributed by atoms with Gasteiger partial charge in [-0.15, -0.1) is 10.8 Å². The van der Waals surface area contributed by atoms with E-state index in [0.717, 1.165) is 0 Å². The Hall–Kier alpha value is 0.190. The number of hydrogen-bond donors (Lipinski definition) is 4. The number of nitrogens with two attached hydrogens (primary N) is 2. The lowest BCUT2D eigenvalue weighted by Crippen LogP contribution is -2.18. The number of rotatable bonds is 2. The van der Waals surface area contributed by atoms with Gasteiger partial charge in [0.05, 0.1) is 5.75 Å². The van der Waals surface area contributed by atoms with Crippen LogP contribution in [-0.2, 0) is 0 Å². The van der Waals surface area contributed by atoms with Gasteiger partial charge >= 0.3 is 0 Å². The monoisotopic (exact) mass is 156 g/mol. The molecule has 0 fully saturated rings. The molecule has 0 amide bonds. The van der Waals surface area contributed by atoms with E-state index in [1.807, 2.05) is 13.8 Å². The largest absolute Gasteiger partial charge is 0.329 e. The molecule has 0 atom stereocenters. The van der Waals surface area contributed by atoms with Crippen molar-refractivity contribution in [3.63, 3.8) is 0 Å². The van der Waals surface area contributed by atoms with Crippen LogP contribution >= 0.6 is 10.8 Å². The first-order valence-corrected chi connectivity index (χ1v) is 4.58. The highest BCUT2D eigenvalue weighted by atomic mass is 32.3. The van der Waals surface area contributed by atoms with Crippen molar-refractivity contribution >= 4 is 10.8 Å². The molecular formula is C4H16N2O2S. The molecule has 9 heavy (non-hydrogen) atoms. The highest BCUT2D eigenvalue weighted by Gasteiger charge is 1.98. The molecule has 0 aliphatic rings. The van der Waals surface area contributed by atoms with Crippen molar-refractivity contribution in [2.75, 3.05) is 12.3 Å². The fourth-order valence-electron chi connectivity index (χ4n) is 0.173. The Morgan fingerprint density at radius 3 is 1.67 bits per heavy atom. The van der Waals surface area contributed by atoms with Crippen molar-refractivity contribution < 1.29 is 9.11 Å². The third-order valence-corrected chi connectivity index (χ3v) is 1.25. The molecule has 0 saturated carbocycles. The molecule has 0 aromatic heterocycles. The maximum Gasteiger partial charge on any atom is 0.0648 e. The molecule has 0 bridgehead atoms. The molecule has 6 N–H and O–H groups in total. The summed E-state index contributed by atoms with van der Waals surface area (Å²) in [5.41, 5.74) is 4.94. The molecule has 0 aromatic carbocycles. The first-order valence-electron chi connectivity index (χ1n) is 2.80. The summed E-state index contributed by atoms with van der Waals surface area (Å²) in [6.45, 7) is 4.22. The molecule has 0 aliphatic heterocycles. The van der Waals surface area contributed by atoms with Crippen LogP contribution < -0.4 is 10.9 Å². The van der Waals surface area contributed by atoms with E-state index in [4.69, 9.17) is 20.0 Å². The fourth-order valence-corrected chi connectivity index (χ4v) is 0.520. The summed E-state index contributed by atoms with van der Waals surface area (Å²) in [6.07, 6.45) is 0. The van der Waals surface area contributed by atoms with E-state index in [1.54, 1.807) is 0 Å². The van der Waals surface area contributed by atoms with Gasteiger partial charge in [0.15, 0.2) is 0 Å². The second-order valence-corrected chi connectivity index (χ2v) is 3.05. The molecule has 60 valence electrons. The highest BCUT2D eigenvalue weighted by Crippen LogP contribution is 2.25. The summed E-state index contributed by atoms with van der Waals surface area (Å²) in [5, 5.41) is 4.76. The lowest BCUT2D eigenvalue weighted by atomic mass is 10.8. The molecular weight excluding hydrogens is 140 g/mol. The van der Waals surface area contributed by atoms with Crippen LogP contribution in [0.2, 0.25) is 0 Å². The van der Waals surface area contributed by atoms with Crippen LogP contribution in [-0.4, -0.2) is 21.4 Å². The van der Waals surface area contributed by atoms with E-state index >= 15 is 0 Å². The van der Waals surface area contributed by atoms with Gasteiger partial charge < -0.3 is 5.73 Å². The maximum absolute atomic E-state index is 8.35.